The third-order valence-corrected chi connectivity index (χ3v) is 16.9. The van der Waals surface area contributed by atoms with Gasteiger partial charge in [-0.25, -0.2) is 9.13 Å². The first kappa shape index (κ1) is 91.5. The van der Waals surface area contributed by atoms with Crippen LogP contribution in [0.15, 0.2) is 122 Å². The quantitative estimate of drug-likeness (QED) is 0.0169. The summed E-state index contributed by atoms with van der Waals surface area (Å²) in [6, 6.07) is 0. The molecule has 550 valence electrons. The van der Waals surface area contributed by atoms with Gasteiger partial charge in [-0.05, 0) is 116 Å². The molecule has 19 heteroatoms. The Bertz CT molecular complexity index is 2300. The number of phosphoric acid groups is 2. The van der Waals surface area contributed by atoms with E-state index < -0.39 is 97.5 Å². The second-order valence-corrected chi connectivity index (χ2v) is 27.0. The van der Waals surface area contributed by atoms with Crippen molar-refractivity contribution < 1.29 is 80.2 Å². The van der Waals surface area contributed by atoms with Gasteiger partial charge >= 0.3 is 39.5 Å². The summed E-state index contributed by atoms with van der Waals surface area (Å²) in [6.45, 7) is 4.45. The number of unbranched alkanes of at least 4 members (excludes halogenated alkanes) is 23. The number of aliphatic hydroxyl groups is 1. The number of phosphoric ester groups is 2. The van der Waals surface area contributed by atoms with Gasteiger partial charge in [-0.15, -0.1) is 0 Å². The molecule has 0 aromatic heterocycles. The fraction of sp³-hybridized carbons (Fsp3) is 0.688. The van der Waals surface area contributed by atoms with Crippen molar-refractivity contribution in [1.82, 2.24) is 0 Å². The lowest BCUT2D eigenvalue weighted by Gasteiger charge is -2.21. The number of ether oxygens (including phenoxy) is 4. The molecule has 0 radical (unpaired) electrons. The summed E-state index contributed by atoms with van der Waals surface area (Å²) in [5, 5.41) is 10.6. The Morgan fingerprint density at radius 3 is 0.948 bits per heavy atom. The van der Waals surface area contributed by atoms with E-state index in [1.807, 2.05) is 18.2 Å². The lowest BCUT2D eigenvalue weighted by atomic mass is 10.1. The van der Waals surface area contributed by atoms with Gasteiger partial charge in [0.15, 0.2) is 12.2 Å². The maximum absolute atomic E-state index is 13.1. The summed E-state index contributed by atoms with van der Waals surface area (Å²) < 4.78 is 68.2. The average Bonchev–Trinajstić information content (AvgIpc) is 1.11. The second-order valence-electron chi connectivity index (χ2n) is 24.1. The first-order chi connectivity index (χ1) is 46.7. The van der Waals surface area contributed by atoms with Crippen LogP contribution in [0.1, 0.15) is 285 Å². The molecule has 0 fully saturated rings. The van der Waals surface area contributed by atoms with Gasteiger partial charge in [0, 0.05) is 19.3 Å². The molecule has 0 aliphatic rings. The largest absolute Gasteiger partial charge is 0.472 e. The molecule has 0 amide bonds. The first-order valence-electron chi connectivity index (χ1n) is 36.8. The van der Waals surface area contributed by atoms with Crippen LogP contribution in [0.4, 0.5) is 0 Å². The highest BCUT2D eigenvalue weighted by Crippen LogP contribution is 2.45. The van der Waals surface area contributed by atoms with E-state index in [9.17, 15) is 43.2 Å². The van der Waals surface area contributed by atoms with Crippen molar-refractivity contribution in [3.63, 3.8) is 0 Å². The minimum atomic E-state index is -4.99. The first-order valence-corrected chi connectivity index (χ1v) is 39.8. The van der Waals surface area contributed by atoms with Crippen molar-refractivity contribution in [1.29, 1.82) is 0 Å². The van der Waals surface area contributed by atoms with Gasteiger partial charge in [0.1, 0.15) is 19.3 Å². The normalized spacial score (nSPS) is 14.7. The Morgan fingerprint density at radius 2 is 0.583 bits per heavy atom. The zero-order chi connectivity index (χ0) is 70.4. The molecule has 0 heterocycles. The van der Waals surface area contributed by atoms with Crippen molar-refractivity contribution in [2.24, 2.45) is 0 Å². The van der Waals surface area contributed by atoms with Crippen molar-refractivity contribution in [2.45, 2.75) is 303 Å². The van der Waals surface area contributed by atoms with Gasteiger partial charge in [0.25, 0.3) is 0 Å². The molecule has 0 rings (SSSR count). The summed E-state index contributed by atoms with van der Waals surface area (Å²) >= 11 is 0. The van der Waals surface area contributed by atoms with E-state index in [2.05, 4.69) is 125 Å². The molecule has 0 saturated carbocycles. The van der Waals surface area contributed by atoms with E-state index in [1.54, 1.807) is 6.08 Å². The topological polar surface area (TPSA) is 237 Å². The number of hydrogen-bond acceptors (Lipinski definition) is 15. The molecular weight excluding hydrogens is 1260 g/mol. The maximum Gasteiger partial charge on any atom is 0.472 e. The molecule has 96 heavy (non-hydrogen) atoms. The molecule has 5 unspecified atom stereocenters. The molecule has 0 saturated heterocycles. The summed E-state index contributed by atoms with van der Waals surface area (Å²) in [5.41, 5.74) is 0. The van der Waals surface area contributed by atoms with Crippen LogP contribution >= 0.6 is 15.6 Å². The van der Waals surface area contributed by atoms with Crippen molar-refractivity contribution in [2.75, 3.05) is 39.6 Å². The van der Waals surface area contributed by atoms with Gasteiger partial charge < -0.3 is 33.8 Å². The van der Waals surface area contributed by atoms with Crippen LogP contribution in [0.25, 0.3) is 0 Å². The molecule has 0 aromatic carbocycles. The highest BCUT2D eigenvalue weighted by Gasteiger charge is 2.30. The van der Waals surface area contributed by atoms with E-state index in [0.29, 0.717) is 25.7 Å². The van der Waals surface area contributed by atoms with Crippen molar-refractivity contribution >= 4 is 39.5 Å². The Morgan fingerprint density at radius 1 is 0.312 bits per heavy atom. The number of esters is 4. The van der Waals surface area contributed by atoms with E-state index in [4.69, 9.17) is 37.0 Å². The number of rotatable bonds is 68. The van der Waals surface area contributed by atoms with E-state index in [0.717, 1.165) is 148 Å². The smallest absolute Gasteiger partial charge is 0.462 e. The SMILES string of the molecule is CC/C=C\C/C=C\C/C=C\C/C=C\C/C=C\CC(=O)OCC(COP(=O)(O)OCC(O)COP(=O)(O)OCC(COC(=O)CCCCCCC/C=C\C/C=C\C/C=C\CC)OC(=O)CCCCCCC/C=C\C/C=C\CCCCC)OC(=O)CCCCCCCCCCCCC. The third-order valence-electron chi connectivity index (χ3n) is 15.0. The van der Waals surface area contributed by atoms with Crippen LogP contribution in [0.5, 0.6) is 0 Å². The highest BCUT2D eigenvalue weighted by molar-refractivity contribution is 7.47. The van der Waals surface area contributed by atoms with Gasteiger partial charge in [0.2, 0.25) is 0 Å². The predicted octanol–water partition coefficient (Wildman–Crippen LogP) is 20.8. The van der Waals surface area contributed by atoms with Crippen LogP contribution in [0, 0.1) is 0 Å². The summed E-state index contributed by atoms with van der Waals surface area (Å²) in [4.78, 5) is 72.6. The molecule has 3 N–H and O–H groups in total. The molecule has 5 atom stereocenters. The molecule has 0 bridgehead atoms. The van der Waals surface area contributed by atoms with E-state index >= 15 is 0 Å². The third kappa shape index (κ3) is 68.0. The number of carbonyl (C=O) groups is 4. The van der Waals surface area contributed by atoms with Crippen molar-refractivity contribution in [3.05, 3.63) is 122 Å². The zero-order valence-electron chi connectivity index (χ0n) is 59.8. The van der Waals surface area contributed by atoms with Crippen molar-refractivity contribution in [3.8, 4) is 0 Å². The zero-order valence-corrected chi connectivity index (χ0v) is 61.5. The fourth-order valence-electron chi connectivity index (χ4n) is 9.40. The minimum Gasteiger partial charge on any atom is -0.462 e. The highest BCUT2D eigenvalue weighted by atomic mass is 31.2. The van der Waals surface area contributed by atoms with Crippen LogP contribution in [0.3, 0.4) is 0 Å². The Hall–Kier alpha value is -4.54. The molecule has 0 aliphatic carbocycles. The van der Waals surface area contributed by atoms with E-state index in [-0.39, 0.29) is 25.7 Å². The summed E-state index contributed by atoms with van der Waals surface area (Å²) in [6.07, 6.45) is 73.7. The average molecular weight is 1390 g/mol. The molecule has 0 aromatic rings. The maximum atomic E-state index is 13.1. The lowest BCUT2D eigenvalue weighted by molar-refractivity contribution is -0.161. The lowest BCUT2D eigenvalue weighted by Crippen LogP contribution is -2.30. The summed E-state index contributed by atoms with van der Waals surface area (Å²) in [7, 11) is -9.98. The van der Waals surface area contributed by atoms with Gasteiger partial charge in [-0.3, -0.25) is 37.3 Å². The number of hydrogen-bond donors (Lipinski definition) is 3. The Balaban J connectivity index is 5.42. The monoisotopic (exact) mass is 1390 g/mol. The molecule has 0 aliphatic heterocycles. The molecular formula is C77H130O17P2. The van der Waals surface area contributed by atoms with Gasteiger partial charge in [-0.1, -0.05) is 265 Å². The van der Waals surface area contributed by atoms with Crippen LogP contribution < -0.4 is 0 Å². The predicted molar refractivity (Wildman–Crippen MR) is 390 cm³/mol. The minimum absolute atomic E-state index is 0.0711. The van der Waals surface area contributed by atoms with Crippen LogP contribution in [0.2, 0.25) is 0 Å². The van der Waals surface area contributed by atoms with Gasteiger partial charge in [0.05, 0.1) is 32.8 Å². The number of aliphatic hydroxyl groups excluding tert-OH is 1. The summed E-state index contributed by atoms with van der Waals surface area (Å²) in [5.74, 6) is -2.36. The molecule has 17 nitrogen and oxygen atoms in total. The fourth-order valence-corrected chi connectivity index (χ4v) is 11.0. The van der Waals surface area contributed by atoms with Crippen LogP contribution in [-0.2, 0) is 65.4 Å². The number of carbonyl (C=O) groups excluding carboxylic acids is 4. The van der Waals surface area contributed by atoms with Gasteiger partial charge in [-0.2, -0.15) is 0 Å². The second kappa shape index (κ2) is 69.0. The molecule has 0 spiro atoms. The van der Waals surface area contributed by atoms with E-state index in [1.165, 1.54) is 57.8 Å². The standard InChI is InChI=1S/C77H130O17P2/c1-5-9-13-17-21-25-29-32-35-38-42-45-49-53-57-61-74(79)87-67-72(93-76(81)63-59-55-51-47-41-28-24-20-16-12-8-4)69-91-95(83,84)89-65-71(78)66-90-96(85,86)92-70-73(94-77(82)64-60-56-52-48-44-40-37-34-31-27-23-19-15-11-7-3)68-88-75(80)62-58-54-50-46-43-39-36-33-30-26-22-18-14-10-6-2/h9-10,13-14,21-23,25-27,32-37,42,45,53,57,71-73,78H,5-8,11-12,15-20,24,28-31,38-41,43-44,46-52,54-56,58-70H2,1-4H3,(H,83,84)(H,85,86)/b13-9-,14-10-,25-21-,26-22-,27-23-,35-32-,36-33-,37-34-,45-42-,57-53-. The Kier molecular flexibility index (Phi) is 65.7. The van der Waals surface area contributed by atoms with Crippen LogP contribution in [-0.4, -0.2) is 96.7 Å². The number of allylic oxidation sites excluding steroid dienone is 19. The Labute approximate surface area is 581 Å².